The highest BCUT2D eigenvalue weighted by atomic mass is 32.1. The number of carbonyl (C=O) groups excluding carboxylic acids is 1. The van der Waals surface area contributed by atoms with Gasteiger partial charge in [-0.25, -0.2) is 4.79 Å². The van der Waals surface area contributed by atoms with Crippen LogP contribution in [0.25, 0.3) is 0 Å². The molecule has 1 aromatic heterocycles. The highest BCUT2D eigenvalue weighted by Crippen LogP contribution is 2.28. The molecule has 1 amide bonds. The largest absolute Gasteiger partial charge is 0.477 e. The maximum atomic E-state index is 12.3. The summed E-state index contributed by atoms with van der Waals surface area (Å²) in [5, 5.41) is 9.05. The third kappa shape index (κ3) is 3.84. The van der Waals surface area contributed by atoms with Crippen LogP contribution in [0.2, 0.25) is 0 Å². The van der Waals surface area contributed by atoms with Gasteiger partial charge in [-0.2, -0.15) is 0 Å². The second kappa shape index (κ2) is 6.60. The van der Waals surface area contributed by atoms with Crippen LogP contribution in [0.4, 0.5) is 0 Å². The first-order valence-corrected chi connectivity index (χ1v) is 8.30. The number of nitrogens with zero attached hydrogens (tertiary/aromatic N) is 1. The van der Waals surface area contributed by atoms with Crippen molar-refractivity contribution in [2.75, 3.05) is 6.54 Å². The third-order valence-corrected chi connectivity index (χ3v) is 5.47. The Kier molecular flexibility index (Phi) is 5.04. The molecule has 1 fully saturated rings. The minimum Gasteiger partial charge on any atom is -0.477 e. The Morgan fingerprint density at radius 2 is 2.19 bits per heavy atom. The van der Waals surface area contributed by atoms with Gasteiger partial charge >= 0.3 is 5.97 Å². The summed E-state index contributed by atoms with van der Waals surface area (Å²) >= 11 is 1.29. The first-order valence-electron chi connectivity index (χ1n) is 7.49. The van der Waals surface area contributed by atoms with Crippen LogP contribution < -0.4 is 0 Å². The molecule has 0 aromatic carbocycles. The van der Waals surface area contributed by atoms with Crippen LogP contribution in [0.3, 0.4) is 0 Å². The van der Waals surface area contributed by atoms with Gasteiger partial charge in [-0.1, -0.05) is 13.8 Å². The summed E-state index contributed by atoms with van der Waals surface area (Å²) in [4.78, 5) is 26.5. The molecule has 0 saturated carbocycles. The molecule has 0 radical (unpaired) electrons. The SMILES string of the molecule is Cc1sc(C(=O)O)cc1CN1CCC(C(C)C)CCC1=O. The number of carboxylic acids is 1. The topological polar surface area (TPSA) is 57.6 Å². The maximum Gasteiger partial charge on any atom is 0.345 e. The molecular formula is C16H23NO3S. The Labute approximate surface area is 129 Å². The van der Waals surface area contributed by atoms with Crippen LogP contribution in [0.15, 0.2) is 6.07 Å². The molecule has 0 bridgehead atoms. The average Bonchev–Trinajstić information content (AvgIpc) is 2.67. The smallest absolute Gasteiger partial charge is 0.345 e. The number of rotatable bonds is 4. The lowest BCUT2D eigenvalue weighted by molar-refractivity contribution is -0.131. The molecule has 0 aliphatic carbocycles. The number of carbonyl (C=O) groups is 2. The maximum absolute atomic E-state index is 12.3. The van der Waals surface area contributed by atoms with Crippen molar-refractivity contribution in [2.45, 2.75) is 46.6 Å². The Morgan fingerprint density at radius 1 is 1.48 bits per heavy atom. The Bertz CT molecular complexity index is 536. The molecule has 1 saturated heterocycles. The van der Waals surface area contributed by atoms with Crippen LogP contribution in [-0.4, -0.2) is 28.4 Å². The van der Waals surface area contributed by atoms with Gasteiger partial charge < -0.3 is 10.0 Å². The minimum atomic E-state index is -0.892. The van der Waals surface area contributed by atoms with Crippen LogP contribution in [0.1, 0.15) is 53.2 Å². The van der Waals surface area contributed by atoms with Gasteiger partial charge in [-0.3, -0.25) is 4.79 Å². The van der Waals surface area contributed by atoms with E-state index in [1.54, 1.807) is 6.07 Å². The van der Waals surface area contributed by atoms with Gasteiger partial charge in [0.15, 0.2) is 0 Å². The predicted molar refractivity (Wildman–Crippen MR) is 83.6 cm³/mol. The van der Waals surface area contributed by atoms with E-state index in [4.69, 9.17) is 5.11 Å². The third-order valence-electron chi connectivity index (χ3n) is 4.39. The fraction of sp³-hybridized carbons (Fsp3) is 0.625. The number of hydrogen-bond donors (Lipinski definition) is 1. The monoisotopic (exact) mass is 309 g/mol. The summed E-state index contributed by atoms with van der Waals surface area (Å²) in [6, 6.07) is 1.71. The van der Waals surface area contributed by atoms with Crippen LogP contribution in [0.5, 0.6) is 0 Å². The Hall–Kier alpha value is -1.36. The van der Waals surface area contributed by atoms with Crippen molar-refractivity contribution in [3.05, 3.63) is 21.4 Å². The molecule has 116 valence electrons. The van der Waals surface area contributed by atoms with Crippen molar-refractivity contribution >= 4 is 23.2 Å². The van der Waals surface area contributed by atoms with E-state index in [0.29, 0.717) is 29.7 Å². The lowest BCUT2D eigenvalue weighted by atomic mass is 9.89. The van der Waals surface area contributed by atoms with E-state index in [1.165, 1.54) is 11.3 Å². The lowest BCUT2D eigenvalue weighted by Gasteiger charge is -2.21. The molecule has 1 atom stereocenters. The molecule has 0 spiro atoms. The van der Waals surface area contributed by atoms with Gasteiger partial charge in [0.05, 0.1) is 0 Å². The van der Waals surface area contributed by atoms with E-state index in [1.807, 2.05) is 11.8 Å². The van der Waals surface area contributed by atoms with Crippen molar-refractivity contribution in [3.8, 4) is 0 Å². The Morgan fingerprint density at radius 3 is 2.76 bits per heavy atom. The normalized spacial score (nSPS) is 19.9. The van der Waals surface area contributed by atoms with Gasteiger partial charge in [0.25, 0.3) is 0 Å². The molecule has 1 aliphatic heterocycles. The molecule has 1 aliphatic rings. The van der Waals surface area contributed by atoms with Gasteiger partial charge in [0.1, 0.15) is 4.88 Å². The van der Waals surface area contributed by atoms with Crippen molar-refractivity contribution in [1.29, 1.82) is 0 Å². The van der Waals surface area contributed by atoms with E-state index >= 15 is 0 Å². The number of carboxylic acid groups (broad SMARTS) is 1. The first-order chi connectivity index (χ1) is 9.88. The van der Waals surface area contributed by atoms with Gasteiger partial charge in [0.2, 0.25) is 5.91 Å². The summed E-state index contributed by atoms with van der Waals surface area (Å²) in [5.74, 6) is 0.522. The molecule has 1 aromatic rings. The molecule has 2 heterocycles. The standard InChI is InChI=1S/C16H23NO3S/c1-10(2)12-4-5-15(18)17(7-6-12)9-13-8-14(16(19)20)21-11(13)3/h8,10,12H,4-7,9H2,1-3H3,(H,19,20). The molecule has 2 rings (SSSR count). The van der Waals surface area contributed by atoms with Crippen molar-refractivity contribution in [2.24, 2.45) is 11.8 Å². The molecular weight excluding hydrogens is 286 g/mol. The van der Waals surface area contributed by atoms with E-state index in [9.17, 15) is 9.59 Å². The summed E-state index contributed by atoms with van der Waals surface area (Å²) in [7, 11) is 0. The molecule has 1 N–H and O–H groups in total. The van der Waals surface area contributed by atoms with E-state index in [2.05, 4.69) is 13.8 Å². The quantitative estimate of drug-likeness (QED) is 0.925. The lowest BCUT2D eigenvalue weighted by Crippen LogP contribution is -2.29. The predicted octanol–water partition coefficient (Wildman–Crippen LogP) is 3.54. The average molecular weight is 309 g/mol. The van der Waals surface area contributed by atoms with Gasteiger partial charge in [0, 0.05) is 24.4 Å². The first kappa shape index (κ1) is 16.0. The van der Waals surface area contributed by atoms with Crippen LogP contribution >= 0.6 is 11.3 Å². The number of hydrogen-bond acceptors (Lipinski definition) is 3. The fourth-order valence-electron chi connectivity index (χ4n) is 2.88. The highest BCUT2D eigenvalue weighted by Gasteiger charge is 2.25. The summed E-state index contributed by atoms with van der Waals surface area (Å²) in [5.41, 5.74) is 0.966. The zero-order valence-corrected chi connectivity index (χ0v) is 13.7. The number of aromatic carboxylic acids is 1. The van der Waals surface area contributed by atoms with E-state index < -0.39 is 5.97 Å². The number of amides is 1. The molecule has 1 unspecified atom stereocenters. The zero-order valence-electron chi connectivity index (χ0n) is 12.9. The van der Waals surface area contributed by atoms with Gasteiger partial charge in [-0.05, 0) is 43.2 Å². The highest BCUT2D eigenvalue weighted by molar-refractivity contribution is 7.14. The second-order valence-electron chi connectivity index (χ2n) is 6.14. The number of likely N-dealkylation sites (tertiary alicyclic amines) is 1. The van der Waals surface area contributed by atoms with Gasteiger partial charge in [-0.15, -0.1) is 11.3 Å². The summed E-state index contributed by atoms with van der Waals surface area (Å²) < 4.78 is 0. The molecule has 4 nitrogen and oxygen atoms in total. The fourth-order valence-corrected chi connectivity index (χ4v) is 3.75. The Balaban J connectivity index is 2.08. The molecule has 5 heteroatoms. The van der Waals surface area contributed by atoms with Crippen molar-refractivity contribution in [1.82, 2.24) is 4.90 Å². The number of thiophene rings is 1. The van der Waals surface area contributed by atoms with Crippen LogP contribution in [-0.2, 0) is 11.3 Å². The minimum absolute atomic E-state index is 0.195. The summed E-state index contributed by atoms with van der Waals surface area (Å²) in [6.07, 6.45) is 2.62. The second-order valence-corrected chi connectivity index (χ2v) is 7.40. The van der Waals surface area contributed by atoms with Crippen molar-refractivity contribution in [3.63, 3.8) is 0 Å². The zero-order chi connectivity index (χ0) is 15.6. The van der Waals surface area contributed by atoms with Crippen molar-refractivity contribution < 1.29 is 14.7 Å². The van der Waals surface area contributed by atoms with Crippen LogP contribution in [0, 0.1) is 18.8 Å². The van der Waals surface area contributed by atoms with E-state index in [-0.39, 0.29) is 5.91 Å². The number of aryl methyl sites for hydroxylation is 1. The summed E-state index contributed by atoms with van der Waals surface area (Å²) in [6.45, 7) is 7.67. The molecule has 21 heavy (non-hydrogen) atoms. The van der Waals surface area contributed by atoms with E-state index in [0.717, 1.165) is 29.8 Å².